The Balaban J connectivity index is 2.57. The molecule has 1 fully saturated rings. The molecule has 0 aliphatic carbocycles. The van der Waals surface area contributed by atoms with Crippen LogP contribution < -0.4 is 5.32 Å². The van der Waals surface area contributed by atoms with Crippen molar-refractivity contribution in [3.05, 3.63) is 0 Å². The number of carbonyl (C=O) groups excluding carboxylic acids is 3. The highest BCUT2D eigenvalue weighted by Gasteiger charge is 2.43. The first-order valence-electron chi connectivity index (χ1n) is 7.68. The van der Waals surface area contributed by atoms with Crippen LogP contribution in [0.25, 0.3) is 0 Å². The lowest BCUT2D eigenvalue weighted by Gasteiger charge is -2.34. The second-order valence-electron chi connectivity index (χ2n) is 7.84. The Morgan fingerprint density at radius 1 is 1.13 bits per heavy atom. The smallest absolute Gasteiger partial charge is 0.408 e. The summed E-state index contributed by atoms with van der Waals surface area (Å²) in [5.41, 5.74) is -1.24. The third-order valence-corrected chi connectivity index (χ3v) is 3.16. The van der Waals surface area contributed by atoms with E-state index in [9.17, 15) is 14.4 Å². The van der Waals surface area contributed by atoms with Gasteiger partial charge in [0.1, 0.15) is 5.60 Å². The average Bonchev–Trinajstić information content (AvgIpc) is 2.21. The van der Waals surface area contributed by atoms with E-state index >= 15 is 0 Å². The highest BCUT2D eigenvalue weighted by molar-refractivity contribution is 5.96. The summed E-state index contributed by atoms with van der Waals surface area (Å²) in [6, 6.07) is 0. The van der Waals surface area contributed by atoms with Crippen molar-refractivity contribution in [2.75, 3.05) is 0 Å². The van der Waals surface area contributed by atoms with Gasteiger partial charge in [-0.3, -0.25) is 9.59 Å². The van der Waals surface area contributed by atoms with Crippen molar-refractivity contribution in [3.63, 3.8) is 0 Å². The number of hydrogen-bond acceptors (Lipinski definition) is 6. The molecule has 1 N–H and O–H groups in total. The molecule has 23 heavy (non-hydrogen) atoms. The van der Waals surface area contributed by atoms with Gasteiger partial charge in [-0.25, -0.2) is 4.79 Å². The van der Waals surface area contributed by atoms with E-state index in [-0.39, 0.29) is 6.42 Å². The second-order valence-corrected chi connectivity index (χ2v) is 7.84. The van der Waals surface area contributed by atoms with E-state index in [2.05, 4.69) is 5.32 Å². The summed E-state index contributed by atoms with van der Waals surface area (Å²) in [5.74, 6) is -3.39. The van der Waals surface area contributed by atoms with Crippen LogP contribution in [0.15, 0.2) is 0 Å². The van der Waals surface area contributed by atoms with Gasteiger partial charge in [0.25, 0.3) is 5.79 Å². The third-order valence-electron chi connectivity index (χ3n) is 3.16. The van der Waals surface area contributed by atoms with Gasteiger partial charge in [-0.15, -0.1) is 0 Å². The molecule has 1 saturated heterocycles. The number of ether oxygens (including phenoxy) is 3. The number of amides is 1. The van der Waals surface area contributed by atoms with Crippen LogP contribution in [0.3, 0.4) is 0 Å². The molecule has 0 aromatic rings. The molecule has 0 aromatic carbocycles. The summed E-state index contributed by atoms with van der Waals surface area (Å²) in [4.78, 5) is 35.6. The summed E-state index contributed by atoms with van der Waals surface area (Å²) in [7, 11) is 0. The molecule has 1 heterocycles. The highest BCUT2D eigenvalue weighted by Crippen LogP contribution is 2.27. The normalized spacial score (nSPS) is 18.9. The summed E-state index contributed by atoms with van der Waals surface area (Å²) in [5, 5.41) is 2.73. The third kappa shape index (κ3) is 6.46. The van der Waals surface area contributed by atoms with Crippen molar-refractivity contribution in [2.24, 2.45) is 5.92 Å². The maximum absolute atomic E-state index is 11.9. The van der Waals surface area contributed by atoms with Crippen LogP contribution in [0.1, 0.15) is 61.3 Å². The molecule has 0 saturated carbocycles. The van der Waals surface area contributed by atoms with Crippen molar-refractivity contribution >= 4 is 18.0 Å². The van der Waals surface area contributed by atoms with Gasteiger partial charge in [-0.2, -0.15) is 0 Å². The van der Waals surface area contributed by atoms with Crippen LogP contribution in [0.4, 0.5) is 4.79 Å². The number of nitrogens with one attached hydrogen (secondary N) is 1. The minimum absolute atomic E-state index is 0.219. The summed E-state index contributed by atoms with van der Waals surface area (Å²) in [6.45, 7) is 11.9. The molecule has 0 aromatic heterocycles. The summed E-state index contributed by atoms with van der Waals surface area (Å²) in [6.07, 6.45) is 0.0652. The molecular formula is C16H27NO6. The van der Waals surface area contributed by atoms with Gasteiger partial charge in [0.05, 0.1) is 0 Å². The van der Waals surface area contributed by atoms with Crippen molar-refractivity contribution < 1.29 is 28.6 Å². The zero-order valence-electron chi connectivity index (χ0n) is 14.9. The molecule has 1 aliphatic rings. The molecule has 7 nitrogen and oxygen atoms in total. The van der Waals surface area contributed by atoms with Crippen LogP contribution in [-0.2, 0) is 23.8 Å². The van der Waals surface area contributed by atoms with Crippen LogP contribution >= 0.6 is 0 Å². The van der Waals surface area contributed by atoms with Gasteiger partial charge >= 0.3 is 18.0 Å². The first kappa shape index (κ1) is 19.3. The lowest BCUT2D eigenvalue weighted by Crippen LogP contribution is -2.49. The van der Waals surface area contributed by atoms with Crippen LogP contribution in [0.5, 0.6) is 0 Å². The summed E-state index contributed by atoms with van der Waals surface area (Å²) >= 11 is 0. The van der Waals surface area contributed by atoms with Crippen LogP contribution in [0, 0.1) is 5.92 Å². The molecule has 7 heteroatoms. The highest BCUT2D eigenvalue weighted by atomic mass is 16.7. The Labute approximate surface area is 137 Å². The molecule has 132 valence electrons. The monoisotopic (exact) mass is 329 g/mol. The van der Waals surface area contributed by atoms with Gasteiger partial charge in [0.15, 0.2) is 5.92 Å². The van der Waals surface area contributed by atoms with E-state index in [1.54, 1.807) is 34.6 Å². The molecule has 1 aliphatic heterocycles. The Bertz CT molecular complexity index is 469. The van der Waals surface area contributed by atoms with Gasteiger partial charge in [-0.1, -0.05) is 0 Å². The summed E-state index contributed by atoms with van der Waals surface area (Å²) < 4.78 is 15.4. The molecule has 0 radical (unpaired) electrons. The van der Waals surface area contributed by atoms with E-state index in [1.807, 2.05) is 0 Å². The fourth-order valence-corrected chi connectivity index (χ4v) is 2.13. The van der Waals surface area contributed by atoms with Crippen LogP contribution in [0.2, 0.25) is 0 Å². The molecular weight excluding hydrogens is 302 g/mol. The van der Waals surface area contributed by atoms with E-state index in [0.717, 1.165) is 0 Å². The average molecular weight is 329 g/mol. The van der Waals surface area contributed by atoms with Crippen molar-refractivity contribution in [1.82, 2.24) is 5.32 Å². The number of carbonyl (C=O) groups is 3. The van der Waals surface area contributed by atoms with Gasteiger partial charge in [0, 0.05) is 19.4 Å². The van der Waals surface area contributed by atoms with Gasteiger partial charge in [-0.05, 0) is 47.5 Å². The fraction of sp³-hybridized carbons (Fsp3) is 0.812. The minimum atomic E-state index is -1.23. The van der Waals surface area contributed by atoms with E-state index in [1.165, 1.54) is 13.8 Å². The number of cyclic esters (lactones) is 2. The molecule has 0 unspecified atom stereocenters. The van der Waals surface area contributed by atoms with E-state index in [0.29, 0.717) is 6.42 Å². The zero-order chi connectivity index (χ0) is 18.1. The first-order valence-corrected chi connectivity index (χ1v) is 7.68. The number of alkyl carbamates (subject to hydrolysis) is 1. The lowest BCUT2D eigenvalue weighted by molar-refractivity contribution is -0.240. The molecule has 0 spiro atoms. The largest absolute Gasteiger partial charge is 0.444 e. The van der Waals surface area contributed by atoms with Gasteiger partial charge in [0.2, 0.25) is 0 Å². The zero-order valence-corrected chi connectivity index (χ0v) is 14.9. The maximum atomic E-state index is 11.9. The van der Waals surface area contributed by atoms with Crippen LogP contribution in [-0.4, -0.2) is 35.0 Å². The minimum Gasteiger partial charge on any atom is -0.444 e. The SMILES string of the molecule is CC(C)(CCC1C(=O)OC(C)(C)OC1=O)NC(=O)OC(C)(C)C. The Morgan fingerprint density at radius 3 is 2.04 bits per heavy atom. The van der Waals surface area contributed by atoms with Crippen molar-refractivity contribution in [1.29, 1.82) is 0 Å². The first-order chi connectivity index (χ1) is 10.2. The standard InChI is InChI=1S/C16H27NO6/c1-14(2,3)23-13(20)17-15(4,5)9-8-10-11(18)21-16(6,7)22-12(10)19/h10H,8-9H2,1-7H3,(H,17,20). The predicted octanol–water partition coefficient (Wildman–Crippen LogP) is 2.52. The van der Waals surface area contributed by atoms with E-state index < -0.39 is 40.9 Å². The Morgan fingerprint density at radius 2 is 1.61 bits per heavy atom. The number of esters is 2. The van der Waals surface area contributed by atoms with E-state index in [4.69, 9.17) is 14.2 Å². The number of hydrogen-bond donors (Lipinski definition) is 1. The predicted molar refractivity (Wildman–Crippen MR) is 82.4 cm³/mol. The maximum Gasteiger partial charge on any atom is 0.408 e. The van der Waals surface area contributed by atoms with Crippen molar-refractivity contribution in [2.45, 2.75) is 78.2 Å². The number of rotatable bonds is 4. The second kappa shape index (κ2) is 6.37. The molecule has 0 atom stereocenters. The Kier molecular flexibility index (Phi) is 5.34. The van der Waals surface area contributed by atoms with Crippen molar-refractivity contribution in [3.8, 4) is 0 Å². The molecule has 1 amide bonds. The quantitative estimate of drug-likeness (QED) is 0.629. The topological polar surface area (TPSA) is 90.9 Å². The lowest BCUT2D eigenvalue weighted by atomic mass is 9.92. The van der Waals surface area contributed by atoms with Gasteiger partial charge < -0.3 is 19.5 Å². The molecule has 1 rings (SSSR count). The molecule has 0 bridgehead atoms. The Hall–Kier alpha value is -1.79. The fourth-order valence-electron chi connectivity index (χ4n) is 2.13.